The van der Waals surface area contributed by atoms with Crippen LogP contribution in [0.5, 0.6) is 0 Å². The van der Waals surface area contributed by atoms with Gasteiger partial charge in [0.25, 0.3) is 5.56 Å². The fraction of sp³-hybridized carbons (Fsp3) is 0.214. The van der Waals surface area contributed by atoms with Crippen molar-refractivity contribution in [1.29, 1.82) is 0 Å². The normalized spacial score (nSPS) is 18.2. The third-order valence-electron chi connectivity index (χ3n) is 7.09. The molecule has 0 aliphatic carbocycles. The summed E-state index contributed by atoms with van der Waals surface area (Å²) in [5.74, 6) is -0.101. The summed E-state index contributed by atoms with van der Waals surface area (Å²) >= 11 is 0. The van der Waals surface area contributed by atoms with E-state index in [-0.39, 0.29) is 41.7 Å². The van der Waals surface area contributed by atoms with Crippen molar-refractivity contribution in [2.75, 3.05) is 5.32 Å². The number of amidine groups is 1. The average Bonchev–Trinajstić information content (AvgIpc) is 3.27. The third kappa shape index (κ3) is 3.50. The molecule has 0 saturated carbocycles. The fourth-order valence-electron chi connectivity index (χ4n) is 5.13. The zero-order chi connectivity index (χ0) is 25.9. The summed E-state index contributed by atoms with van der Waals surface area (Å²) in [6, 6.07) is 16.6. The Kier molecular flexibility index (Phi) is 5.13. The van der Waals surface area contributed by atoms with Crippen LogP contribution < -0.4 is 16.3 Å². The van der Waals surface area contributed by atoms with Crippen LogP contribution in [-0.2, 0) is 28.3 Å². The maximum atomic E-state index is 13.6. The summed E-state index contributed by atoms with van der Waals surface area (Å²) < 4.78 is 6.60. The molecule has 0 amide bonds. The van der Waals surface area contributed by atoms with Crippen LogP contribution in [0.2, 0.25) is 0 Å². The van der Waals surface area contributed by atoms with Gasteiger partial charge in [-0.2, -0.15) is 0 Å². The van der Waals surface area contributed by atoms with E-state index in [1.54, 1.807) is 25.1 Å². The maximum absolute atomic E-state index is 13.6. The topological polar surface area (TPSA) is 126 Å². The molecule has 2 aromatic carbocycles. The Morgan fingerprint density at radius 1 is 1.14 bits per heavy atom. The monoisotopic (exact) mass is 496 g/mol. The number of ether oxygens (including phenoxy) is 1. The number of anilines is 1. The number of pyridine rings is 2. The number of cyclic esters (lactones) is 1. The molecule has 6 rings (SSSR count). The van der Waals surface area contributed by atoms with Gasteiger partial charge in [-0.3, -0.25) is 9.59 Å². The van der Waals surface area contributed by atoms with E-state index >= 15 is 0 Å². The lowest BCUT2D eigenvalue weighted by Gasteiger charge is -2.31. The summed E-state index contributed by atoms with van der Waals surface area (Å²) in [5, 5.41) is 14.7. The molecule has 0 spiro atoms. The van der Waals surface area contributed by atoms with E-state index in [1.165, 1.54) is 4.57 Å². The molecule has 2 aliphatic heterocycles. The molecule has 2 aromatic heterocycles. The Morgan fingerprint density at radius 2 is 1.92 bits per heavy atom. The highest BCUT2D eigenvalue weighted by molar-refractivity contribution is 5.97. The molecular weight excluding hydrogens is 472 g/mol. The fourth-order valence-corrected chi connectivity index (χ4v) is 5.13. The highest BCUT2D eigenvalue weighted by Crippen LogP contribution is 2.37. The number of nitrogens with zero attached hydrogens (tertiary/aromatic N) is 2. The van der Waals surface area contributed by atoms with E-state index in [0.29, 0.717) is 39.4 Å². The van der Waals surface area contributed by atoms with E-state index in [4.69, 9.17) is 4.74 Å². The second-order valence-electron chi connectivity index (χ2n) is 9.33. The van der Waals surface area contributed by atoms with Crippen molar-refractivity contribution in [3.63, 3.8) is 0 Å². The molecule has 0 unspecified atom stereocenters. The molecule has 3 N–H and O–H groups in total. The predicted molar refractivity (Wildman–Crippen MR) is 140 cm³/mol. The van der Waals surface area contributed by atoms with Crippen LogP contribution >= 0.6 is 0 Å². The minimum Gasteiger partial charge on any atom is -0.458 e. The van der Waals surface area contributed by atoms with Gasteiger partial charge in [0.1, 0.15) is 12.4 Å². The van der Waals surface area contributed by atoms with Gasteiger partial charge in [-0.25, -0.2) is 9.79 Å². The number of H-pyrrole nitrogens is 1. The number of aromatic nitrogens is 2. The minimum atomic E-state index is -1.90. The molecular formula is C28H24N4O5. The number of nitrogens with one attached hydrogen (secondary N) is 2. The second kappa shape index (κ2) is 8.28. The first-order valence-electron chi connectivity index (χ1n) is 12.0. The van der Waals surface area contributed by atoms with Crippen LogP contribution in [0.1, 0.15) is 37.0 Å². The highest BCUT2D eigenvalue weighted by atomic mass is 16.6. The molecule has 9 nitrogen and oxygen atoms in total. The van der Waals surface area contributed by atoms with E-state index in [2.05, 4.69) is 15.3 Å². The van der Waals surface area contributed by atoms with Gasteiger partial charge in [0.15, 0.2) is 11.0 Å². The van der Waals surface area contributed by atoms with Crippen LogP contribution in [0.15, 0.2) is 69.2 Å². The van der Waals surface area contributed by atoms with Gasteiger partial charge in [-0.15, -0.1) is 0 Å². The van der Waals surface area contributed by atoms with Gasteiger partial charge in [-0.05, 0) is 49.7 Å². The molecule has 4 aromatic rings. The summed E-state index contributed by atoms with van der Waals surface area (Å²) in [7, 11) is 0. The number of aliphatic hydroxyl groups is 1. The quantitative estimate of drug-likeness (QED) is 0.199. The van der Waals surface area contributed by atoms with E-state index in [9.17, 15) is 19.5 Å². The van der Waals surface area contributed by atoms with Crippen molar-refractivity contribution in [2.24, 2.45) is 4.99 Å². The van der Waals surface area contributed by atoms with E-state index in [1.807, 2.05) is 43.3 Å². The first-order chi connectivity index (χ1) is 17.8. The largest absolute Gasteiger partial charge is 0.458 e. The number of hydrogen-bond donors (Lipinski definition) is 3. The highest BCUT2D eigenvalue weighted by Gasteiger charge is 2.45. The third-order valence-corrected chi connectivity index (χ3v) is 7.09. The van der Waals surface area contributed by atoms with Gasteiger partial charge in [0.2, 0.25) is 0 Å². The number of carbonyl (C=O) groups excluding carboxylic acids is 1. The molecule has 0 saturated heterocycles. The van der Waals surface area contributed by atoms with Crippen molar-refractivity contribution in [3.05, 3.63) is 91.9 Å². The average molecular weight is 497 g/mol. The number of fused-ring (bicyclic) bond motifs is 5. The van der Waals surface area contributed by atoms with Crippen LogP contribution in [0.3, 0.4) is 0 Å². The number of rotatable bonds is 3. The second-order valence-corrected chi connectivity index (χ2v) is 9.33. The minimum absolute atomic E-state index is 0.0611. The lowest BCUT2D eigenvalue weighted by Crippen LogP contribution is -2.44. The lowest BCUT2D eigenvalue weighted by molar-refractivity contribution is -0.172. The Bertz CT molecular complexity index is 1750. The number of aromatic amines is 1. The summed E-state index contributed by atoms with van der Waals surface area (Å²) in [4.78, 5) is 47.1. The Morgan fingerprint density at radius 3 is 2.68 bits per heavy atom. The molecule has 0 bridgehead atoms. The van der Waals surface area contributed by atoms with Crippen LogP contribution in [0.4, 0.5) is 11.4 Å². The standard InChI is InChI=1S/C28H24N4O5/c1-3-28(36)21-12-23-24-19(13-32(23)26(34)20(21)14-37-27(28)35)25(33)18-11-17(9-10-22(18)31-24)30-15(2)29-16-7-5-4-6-8-16/h4-12,36H,3,13-14H2,1-2H3,(H,29,30)(H,31,33)/t28-/m0/s1. The van der Waals surface area contributed by atoms with Gasteiger partial charge in [-0.1, -0.05) is 25.1 Å². The first-order valence-corrected chi connectivity index (χ1v) is 12.0. The molecule has 4 heterocycles. The summed E-state index contributed by atoms with van der Waals surface area (Å²) in [6.07, 6.45) is 0.0611. The van der Waals surface area contributed by atoms with Gasteiger partial charge in [0.05, 0.1) is 29.2 Å². The van der Waals surface area contributed by atoms with Crippen LogP contribution in [0.25, 0.3) is 22.3 Å². The molecule has 0 radical (unpaired) electrons. The summed E-state index contributed by atoms with van der Waals surface area (Å²) in [6.45, 7) is 3.39. The zero-order valence-electron chi connectivity index (χ0n) is 20.3. The Labute approximate surface area is 211 Å². The van der Waals surface area contributed by atoms with Crippen molar-refractivity contribution in [2.45, 2.75) is 39.0 Å². The van der Waals surface area contributed by atoms with Crippen molar-refractivity contribution >= 4 is 34.1 Å². The number of benzene rings is 2. The number of esters is 1. The molecule has 1 atom stereocenters. The SMILES string of the molecule is CC[C@@]1(O)C(=O)OCc2c1cc1n(c2=O)Cc2c-1[nH]c1ccc(NC(C)=Nc3ccccc3)cc1c2=O. The number of hydrogen-bond acceptors (Lipinski definition) is 6. The van der Waals surface area contributed by atoms with E-state index < -0.39 is 11.6 Å². The zero-order valence-corrected chi connectivity index (χ0v) is 20.3. The van der Waals surface area contributed by atoms with Crippen molar-refractivity contribution in [1.82, 2.24) is 9.55 Å². The maximum Gasteiger partial charge on any atom is 0.343 e. The van der Waals surface area contributed by atoms with Crippen LogP contribution in [0, 0.1) is 0 Å². The number of carbonyl (C=O) groups is 1. The molecule has 9 heteroatoms. The first kappa shape index (κ1) is 22.9. The molecule has 37 heavy (non-hydrogen) atoms. The van der Waals surface area contributed by atoms with Gasteiger partial charge >= 0.3 is 5.97 Å². The Balaban J connectivity index is 1.43. The number of para-hydroxylation sites is 1. The predicted octanol–water partition coefficient (Wildman–Crippen LogP) is 3.53. The smallest absolute Gasteiger partial charge is 0.343 e. The van der Waals surface area contributed by atoms with Crippen molar-refractivity contribution < 1.29 is 14.6 Å². The lowest BCUT2D eigenvalue weighted by atomic mass is 9.86. The summed E-state index contributed by atoms with van der Waals surface area (Å²) in [5.41, 5.74) is 1.56. The van der Waals surface area contributed by atoms with Gasteiger partial charge in [0, 0.05) is 27.7 Å². The van der Waals surface area contributed by atoms with Crippen molar-refractivity contribution in [3.8, 4) is 11.4 Å². The Hall–Kier alpha value is -4.50. The van der Waals surface area contributed by atoms with Crippen LogP contribution in [-0.4, -0.2) is 26.5 Å². The molecule has 2 aliphatic rings. The molecule has 186 valence electrons. The molecule has 0 fully saturated rings. The van der Waals surface area contributed by atoms with Gasteiger partial charge < -0.3 is 24.7 Å². The van der Waals surface area contributed by atoms with E-state index in [0.717, 1.165) is 5.69 Å². The number of aliphatic imine (C=N–C) groups is 1.